The monoisotopic (exact) mass is 262 g/mol. The second-order valence-electron chi connectivity index (χ2n) is 3.19. The van der Waals surface area contributed by atoms with Crippen molar-refractivity contribution in [3.63, 3.8) is 0 Å². The Hall–Kier alpha value is -0.420. The van der Waals surface area contributed by atoms with Gasteiger partial charge in [-0.05, 0) is 18.6 Å². The summed E-state index contributed by atoms with van der Waals surface area (Å²) < 4.78 is 11.0. The van der Waals surface area contributed by atoms with E-state index >= 15 is 0 Å². The van der Waals surface area contributed by atoms with Gasteiger partial charge in [0.05, 0.1) is 22.4 Å². The third kappa shape index (κ3) is 5.07. The Morgan fingerprint density at radius 3 is 2.69 bits per heavy atom. The van der Waals surface area contributed by atoms with Crippen LogP contribution in [0, 0.1) is 0 Å². The second kappa shape index (κ2) is 7.79. The number of carbonyl (C=O) groups is 1. The molecule has 0 radical (unpaired) electrons. The molecule has 1 heterocycles. The van der Waals surface area contributed by atoms with E-state index in [0.29, 0.717) is 22.4 Å². The van der Waals surface area contributed by atoms with Gasteiger partial charge in [0.2, 0.25) is 0 Å². The molecule has 0 N–H and O–H groups in total. The molecule has 0 unspecified atom stereocenters. The van der Waals surface area contributed by atoms with E-state index in [4.69, 9.17) is 21.1 Å². The predicted octanol–water partition coefficient (Wildman–Crippen LogP) is 3.03. The van der Waals surface area contributed by atoms with Crippen molar-refractivity contribution in [1.29, 1.82) is 0 Å². The van der Waals surface area contributed by atoms with E-state index < -0.39 is 0 Å². The highest BCUT2D eigenvalue weighted by atomic mass is 35.5. The van der Waals surface area contributed by atoms with Gasteiger partial charge in [-0.3, -0.25) is 4.79 Å². The summed E-state index contributed by atoms with van der Waals surface area (Å²) in [5.74, 6) is -0.0348. The second-order valence-corrected chi connectivity index (χ2v) is 4.91. The van der Waals surface area contributed by atoms with Crippen LogP contribution in [0.5, 0.6) is 0 Å². The average Bonchev–Trinajstić information content (AvgIpc) is 2.70. The van der Waals surface area contributed by atoms with Crippen LogP contribution in [0.2, 0.25) is 4.34 Å². The molecule has 0 aromatic carbocycles. The molecule has 5 heteroatoms. The van der Waals surface area contributed by atoms with E-state index in [1.165, 1.54) is 11.3 Å². The molecule has 0 fully saturated rings. The highest BCUT2D eigenvalue weighted by molar-refractivity contribution is 7.18. The summed E-state index contributed by atoms with van der Waals surface area (Å²) in [7, 11) is 0. The third-order valence-corrected chi connectivity index (χ3v) is 3.07. The summed E-state index contributed by atoms with van der Waals surface area (Å²) >= 11 is 7.00. The highest BCUT2D eigenvalue weighted by Crippen LogP contribution is 2.21. The largest absolute Gasteiger partial charge is 0.379 e. The first-order chi connectivity index (χ1) is 7.74. The molecule has 3 nitrogen and oxygen atoms in total. The SMILES string of the molecule is CCCOCCOCC(=O)c1ccc(Cl)s1. The van der Waals surface area contributed by atoms with E-state index in [9.17, 15) is 4.79 Å². The molecule has 0 aliphatic rings. The molecule has 0 aliphatic heterocycles. The van der Waals surface area contributed by atoms with Crippen LogP contribution in [0.3, 0.4) is 0 Å². The maximum Gasteiger partial charge on any atom is 0.198 e. The minimum Gasteiger partial charge on any atom is -0.379 e. The minimum atomic E-state index is -0.0348. The van der Waals surface area contributed by atoms with Crippen LogP contribution < -0.4 is 0 Å². The van der Waals surface area contributed by atoms with Crippen LogP contribution in [0.1, 0.15) is 23.0 Å². The summed E-state index contributed by atoms with van der Waals surface area (Å²) in [6.45, 7) is 3.85. The Bertz CT molecular complexity index is 325. The third-order valence-electron chi connectivity index (χ3n) is 1.80. The fourth-order valence-corrected chi connectivity index (χ4v) is 2.03. The summed E-state index contributed by atoms with van der Waals surface area (Å²) in [6, 6.07) is 3.43. The van der Waals surface area contributed by atoms with Crippen LogP contribution >= 0.6 is 22.9 Å². The fraction of sp³-hybridized carbons (Fsp3) is 0.545. The molecule has 0 amide bonds. The Balaban J connectivity index is 2.11. The van der Waals surface area contributed by atoms with Crippen molar-refractivity contribution in [1.82, 2.24) is 0 Å². The van der Waals surface area contributed by atoms with Crippen LogP contribution in [-0.4, -0.2) is 32.2 Å². The number of rotatable bonds is 8. The molecule has 1 rings (SSSR count). The number of hydrogen-bond donors (Lipinski definition) is 0. The van der Waals surface area contributed by atoms with Gasteiger partial charge in [0.25, 0.3) is 0 Å². The fourth-order valence-electron chi connectivity index (χ4n) is 1.06. The van der Waals surface area contributed by atoms with Crippen molar-refractivity contribution in [2.75, 3.05) is 26.4 Å². The molecule has 1 aromatic rings. The molecule has 0 spiro atoms. The number of halogens is 1. The number of thiophene rings is 1. The molecular formula is C11H15ClO3S. The lowest BCUT2D eigenvalue weighted by Gasteiger charge is -2.03. The molecule has 0 aliphatic carbocycles. The van der Waals surface area contributed by atoms with Gasteiger partial charge in [-0.1, -0.05) is 18.5 Å². The van der Waals surface area contributed by atoms with E-state index in [1.54, 1.807) is 12.1 Å². The number of carbonyl (C=O) groups excluding carboxylic acids is 1. The van der Waals surface area contributed by atoms with Crippen LogP contribution in [0.15, 0.2) is 12.1 Å². The quantitative estimate of drug-likeness (QED) is 0.534. The molecule has 0 bridgehead atoms. The van der Waals surface area contributed by atoms with E-state index in [-0.39, 0.29) is 12.4 Å². The smallest absolute Gasteiger partial charge is 0.198 e. The predicted molar refractivity (Wildman–Crippen MR) is 65.6 cm³/mol. The van der Waals surface area contributed by atoms with Crippen LogP contribution in [-0.2, 0) is 9.47 Å². The zero-order chi connectivity index (χ0) is 11.8. The Morgan fingerprint density at radius 1 is 1.31 bits per heavy atom. The molecule has 0 saturated heterocycles. The number of ether oxygens (including phenoxy) is 2. The highest BCUT2D eigenvalue weighted by Gasteiger charge is 2.08. The van der Waals surface area contributed by atoms with E-state index in [2.05, 4.69) is 0 Å². The standard InChI is InChI=1S/C11H15ClO3S/c1-2-5-14-6-7-15-8-9(13)10-3-4-11(12)16-10/h3-4H,2,5-8H2,1H3. The maximum atomic E-state index is 11.5. The van der Waals surface area contributed by atoms with Crippen LogP contribution in [0.25, 0.3) is 0 Å². The first-order valence-corrected chi connectivity index (χ1v) is 6.37. The van der Waals surface area contributed by atoms with Crippen LogP contribution in [0.4, 0.5) is 0 Å². The van der Waals surface area contributed by atoms with Gasteiger partial charge in [0.15, 0.2) is 5.78 Å². The summed E-state index contributed by atoms with van der Waals surface area (Å²) in [5, 5.41) is 0. The van der Waals surface area contributed by atoms with Crippen molar-refractivity contribution >= 4 is 28.7 Å². The van der Waals surface area contributed by atoms with Crippen molar-refractivity contribution in [2.24, 2.45) is 0 Å². The van der Waals surface area contributed by atoms with Crippen molar-refractivity contribution in [2.45, 2.75) is 13.3 Å². The van der Waals surface area contributed by atoms with E-state index in [0.717, 1.165) is 13.0 Å². The molecule has 90 valence electrons. The minimum absolute atomic E-state index is 0.0348. The Labute approximate surface area is 104 Å². The Kier molecular flexibility index (Phi) is 6.64. The number of hydrogen-bond acceptors (Lipinski definition) is 4. The lowest BCUT2D eigenvalue weighted by atomic mass is 10.3. The zero-order valence-corrected chi connectivity index (χ0v) is 10.8. The Morgan fingerprint density at radius 2 is 2.06 bits per heavy atom. The molecule has 0 atom stereocenters. The van der Waals surface area contributed by atoms with Gasteiger partial charge in [-0.2, -0.15) is 0 Å². The first-order valence-electron chi connectivity index (χ1n) is 5.18. The van der Waals surface area contributed by atoms with Gasteiger partial charge in [-0.15, -0.1) is 11.3 Å². The normalized spacial score (nSPS) is 10.6. The van der Waals surface area contributed by atoms with Gasteiger partial charge in [0.1, 0.15) is 6.61 Å². The summed E-state index contributed by atoms with van der Waals surface area (Å²) in [5.41, 5.74) is 0. The zero-order valence-electron chi connectivity index (χ0n) is 9.20. The lowest BCUT2D eigenvalue weighted by molar-refractivity contribution is 0.0443. The summed E-state index contributed by atoms with van der Waals surface area (Å²) in [4.78, 5) is 12.2. The van der Waals surface area contributed by atoms with Crippen molar-refractivity contribution in [3.05, 3.63) is 21.3 Å². The first kappa shape index (κ1) is 13.6. The maximum absolute atomic E-state index is 11.5. The number of ketones is 1. The topological polar surface area (TPSA) is 35.5 Å². The van der Waals surface area contributed by atoms with Crippen molar-refractivity contribution in [3.8, 4) is 0 Å². The lowest BCUT2D eigenvalue weighted by Crippen LogP contribution is -2.11. The molecule has 0 saturated carbocycles. The average molecular weight is 263 g/mol. The van der Waals surface area contributed by atoms with Gasteiger partial charge in [0, 0.05) is 6.61 Å². The molecular weight excluding hydrogens is 248 g/mol. The summed E-state index contributed by atoms with van der Waals surface area (Å²) in [6.07, 6.45) is 0.993. The van der Waals surface area contributed by atoms with Gasteiger partial charge >= 0.3 is 0 Å². The molecule has 1 aromatic heterocycles. The molecule has 16 heavy (non-hydrogen) atoms. The van der Waals surface area contributed by atoms with Crippen molar-refractivity contribution < 1.29 is 14.3 Å². The number of Topliss-reactive ketones (excluding diaryl/α,β-unsaturated/α-hetero) is 1. The van der Waals surface area contributed by atoms with Gasteiger partial charge < -0.3 is 9.47 Å². The van der Waals surface area contributed by atoms with Gasteiger partial charge in [-0.25, -0.2) is 0 Å². The van der Waals surface area contributed by atoms with E-state index in [1.807, 2.05) is 6.92 Å².